The SMILES string of the molecule is COc1ccccc1-c1nc(-c2ccc(NS(=O)(=O)c3cccs3)cc2)no1. The van der Waals surface area contributed by atoms with Gasteiger partial charge in [0, 0.05) is 11.3 Å². The molecular formula is C19H15N3O4S2. The van der Waals surface area contributed by atoms with Crippen molar-refractivity contribution in [1.29, 1.82) is 0 Å². The zero-order valence-corrected chi connectivity index (χ0v) is 16.3. The van der Waals surface area contributed by atoms with E-state index in [0.29, 0.717) is 34.3 Å². The topological polar surface area (TPSA) is 94.3 Å². The molecule has 7 nitrogen and oxygen atoms in total. The molecule has 1 N–H and O–H groups in total. The summed E-state index contributed by atoms with van der Waals surface area (Å²) in [5.74, 6) is 1.37. The molecule has 0 amide bonds. The summed E-state index contributed by atoms with van der Waals surface area (Å²) >= 11 is 1.16. The van der Waals surface area contributed by atoms with E-state index < -0.39 is 10.0 Å². The Morgan fingerprint density at radius 3 is 2.54 bits per heavy atom. The standard InChI is InChI=1S/C19H15N3O4S2/c1-25-16-6-3-2-5-15(16)19-20-18(21-26-19)13-8-10-14(11-9-13)22-28(23,24)17-7-4-12-27-17/h2-12,22H,1H3. The van der Waals surface area contributed by atoms with Gasteiger partial charge in [-0.05, 0) is 47.8 Å². The molecule has 0 fully saturated rings. The molecular weight excluding hydrogens is 398 g/mol. The highest BCUT2D eigenvalue weighted by atomic mass is 32.2. The van der Waals surface area contributed by atoms with E-state index in [0.717, 1.165) is 11.3 Å². The minimum absolute atomic E-state index is 0.260. The van der Waals surface area contributed by atoms with Crippen molar-refractivity contribution in [1.82, 2.24) is 10.1 Å². The second kappa shape index (κ2) is 7.45. The van der Waals surface area contributed by atoms with Crippen LogP contribution >= 0.6 is 11.3 Å². The minimum atomic E-state index is -3.58. The van der Waals surface area contributed by atoms with Crippen molar-refractivity contribution in [2.24, 2.45) is 0 Å². The highest BCUT2D eigenvalue weighted by Gasteiger charge is 2.16. The number of para-hydroxylation sites is 1. The van der Waals surface area contributed by atoms with Gasteiger partial charge in [-0.15, -0.1) is 11.3 Å². The van der Waals surface area contributed by atoms with Crippen LogP contribution in [0.15, 0.2) is 74.8 Å². The third-order valence-electron chi connectivity index (χ3n) is 3.92. The maximum absolute atomic E-state index is 12.3. The van der Waals surface area contributed by atoms with Gasteiger partial charge < -0.3 is 9.26 Å². The number of nitrogens with zero attached hydrogens (tertiary/aromatic N) is 2. The Kier molecular flexibility index (Phi) is 4.84. The first kappa shape index (κ1) is 18.2. The van der Waals surface area contributed by atoms with Crippen LogP contribution in [0.3, 0.4) is 0 Å². The van der Waals surface area contributed by atoms with E-state index in [-0.39, 0.29) is 4.21 Å². The lowest BCUT2D eigenvalue weighted by Crippen LogP contribution is -2.11. The number of methoxy groups -OCH3 is 1. The van der Waals surface area contributed by atoms with E-state index in [4.69, 9.17) is 9.26 Å². The summed E-state index contributed by atoms with van der Waals surface area (Å²) in [5.41, 5.74) is 1.85. The third-order valence-corrected chi connectivity index (χ3v) is 6.70. The quantitative estimate of drug-likeness (QED) is 0.507. The van der Waals surface area contributed by atoms with Gasteiger partial charge in [0.15, 0.2) is 0 Å². The van der Waals surface area contributed by atoms with Gasteiger partial charge in [0.1, 0.15) is 9.96 Å². The van der Waals surface area contributed by atoms with Crippen LogP contribution in [0.2, 0.25) is 0 Å². The normalized spacial score (nSPS) is 11.3. The van der Waals surface area contributed by atoms with Gasteiger partial charge >= 0.3 is 0 Å². The fourth-order valence-corrected chi connectivity index (χ4v) is 4.63. The van der Waals surface area contributed by atoms with Gasteiger partial charge in [-0.25, -0.2) is 8.42 Å². The summed E-state index contributed by atoms with van der Waals surface area (Å²) in [6.07, 6.45) is 0. The second-order valence-electron chi connectivity index (χ2n) is 5.74. The number of thiophene rings is 1. The van der Waals surface area contributed by atoms with Crippen LogP contribution in [-0.2, 0) is 10.0 Å². The zero-order chi connectivity index (χ0) is 19.6. The first-order valence-electron chi connectivity index (χ1n) is 8.21. The average molecular weight is 413 g/mol. The van der Waals surface area contributed by atoms with Gasteiger partial charge in [-0.1, -0.05) is 23.4 Å². The van der Waals surface area contributed by atoms with Crippen molar-refractivity contribution >= 4 is 27.0 Å². The molecule has 142 valence electrons. The predicted molar refractivity (Wildman–Crippen MR) is 107 cm³/mol. The summed E-state index contributed by atoms with van der Waals surface area (Å²) in [6.45, 7) is 0. The molecule has 0 unspecified atom stereocenters. The summed E-state index contributed by atoms with van der Waals surface area (Å²) in [4.78, 5) is 4.41. The van der Waals surface area contributed by atoms with E-state index in [1.807, 2.05) is 24.3 Å². The van der Waals surface area contributed by atoms with Crippen molar-refractivity contribution in [2.75, 3.05) is 11.8 Å². The van der Waals surface area contributed by atoms with E-state index in [1.54, 1.807) is 48.9 Å². The van der Waals surface area contributed by atoms with Gasteiger partial charge in [-0.3, -0.25) is 4.72 Å². The molecule has 4 aromatic rings. The van der Waals surface area contributed by atoms with Crippen LogP contribution in [0.25, 0.3) is 22.8 Å². The lowest BCUT2D eigenvalue weighted by atomic mass is 10.2. The van der Waals surface area contributed by atoms with Crippen molar-refractivity contribution in [2.45, 2.75) is 4.21 Å². The Morgan fingerprint density at radius 1 is 1.04 bits per heavy atom. The molecule has 0 saturated carbocycles. The van der Waals surface area contributed by atoms with Gasteiger partial charge in [-0.2, -0.15) is 4.98 Å². The van der Waals surface area contributed by atoms with Gasteiger partial charge in [0.25, 0.3) is 15.9 Å². The van der Waals surface area contributed by atoms with Gasteiger partial charge in [0.2, 0.25) is 5.82 Å². The molecule has 0 aliphatic heterocycles. The lowest BCUT2D eigenvalue weighted by Gasteiger charge is -2.06. The molecule has 0 aliphatic rings. The number of anilines is 1. The molecule has 0 radical (unpaired) electrons. The number of hydrogen-bond donors (Lipinski definition) is 1. The second-order valence-corrected chi connectivity index (χ2v) is 8.60. The van der Waals surface area contributed by atoms with Crippen molar-refractivity contribution in [3.8, 4) is 28.6 Å². The molecule has 28 heavy (non-hydrogen) atoms. The van der Waals surface area contributed by atoms with E-state index in [1.165, 1.54) is 0 Å². The van der Waals surface area contributed by atoms with E-state index >= 15 is 0 Å². The van der Waals surface area contributed by atoms with Crippen molar-refractivity contribution in [3.63, 3.8) is 0 Å². The highest BCUT2D eigenvalue weighted by Crippen LogP contribution is 2.30. The summed E-state index contributed by atoms with van der Waals surface area (Å²) in [5, 5.41) is 5.72. The maximum atomic E-state index is 12.3. The van der Waals surface area contributed by atoms with Crippen LogP contribution in [0.1, 0.15) is 0 Å². The predicted octanol–water partition coefficient (Wildman–Crippen LogP) is 4.27. The Hall–Kier alpha value is -3.17. The maximum Gasteiger partial charge on any atom is 0.271 e. The molecule has 0 spiro atoms. The summed E-state index contributed by atoms with van der Waals surface area (Å²) in [6, 6.07) is 17.4. The number of hydrogen-bond acceptors (Lipinski definition) is 7. The van der Waals surface area contributed by atoms with Gasteiger partial charge in [0.05, 0.1) is 12.7 Å². The Balaban J connectivity index is 1.56. The lowest BCUT2D eigenvalue weighted by molar-refractivity contribution is 0.405. The van der Waals surface area contributed by atoms with Crippen molar-refractivity contribution < 1.29 is 17.7 Å². The number of benzene rings is 2. The molecule has 2 heterocycles. The molecule has 0 atom stereocenters. The number of aromatic nitrogens is 2. The minimum Gasteiger partial charge on any atom is -0.496 e. The fraction of sp³-hybridized carbons (Fsp3) is 0.0526. The molecule has 9 heteroatoms. The van der Waals surface area contributed by atoms with E-state index in [2.05, 4.69) is 14.9 Å². The average Bonchev–Trinajstić information content (AvgIpc) is 3.41. The first-order chi connectivity index (χ1) is 13.6. The Morgan fingerprint density at radius 2 is 1.82 bits per heavy atom. The largest absolute Gasteiger partial charge is 0.496 e. The van der Waals surface area contributed by atoms with Crippen LogP contribution in [0.5, 0.6) is 5.75 Å². The smallest absolute Gasteiger partial charge is 0.271 e. The fourth-order valence-electron chi connectivity index (χ4n) is 2.58. The number of sulfonamides is 1. The van der Waals surface area contributed by atoms with Crippen LogP contribution < -0.4 is 9.46 Å². The molecule has 2 aromatic carbocycles. The molecule has 0 aliphatic carbocycles. The molecule has 0 saturated heterocycles. The summed E-state index contributed by atoms with van der Waals surface area (Å²) < 4.78 is 38.1. The Labute approximate surface area is 165 Å². The van der Waals surface area contributed by atoms with Crippen LogP contribution in [0.4, 0.5) is 5.69 Å². The first-order valence-corrected chi connectivity index (χ1v) is 10.6. The van der Waals surface area contributed by atoms with Crippen LogP contribution in [0, 0.1) is 0 Å². The third kappa shape index (κ3) is 3.62. The zero-order valence-electron chi connectivity index (χ0n) is 14.7. The monoisotopic (exact) mass is 413 g/mol. The molecule has 4 rings (SSSR count). The van der Waals surface area contributed by atoms with Crippen LogP contribution in [-0.4, -0.2) is 25.7 Å². The molecule has 2 aromatic heterocycles. The number of nitrogens with one attached hydrogen (secondary N) is 1. The Bertz CT molecular complexity index is 1180. The van der Waals surface area contributed by atoms with E-state index in [9.17, 15) is 8.42 Å². The number of ether oxygens (including phenoxy) is 1. The van der Waals surface area contributed by atoms with Crippen molar-refractivity contribution in [3.05, 3.63) is 66.0 Å². The summed E-state index contributed by atoms with van der Waals surface area (Å²) in [7, 11) is -2.01. The number of rotatable bonds is 6. The highest BCUT2D eigenvalue weighted by molar-refractivity contribution is 7.94. The molecule has 0 bridgehead atoms.